The molecule has 1 fully saturated rings. The molecule has 5 rings (SSSR count). The minimum atomic E-state index is -0.588. The first kappa shape index (κ1) is 25.2. The normalized spacial score (nSPS) is 14.6. The molecule has 11 heteroatoms. The number of methoxy groups -OCH3 is 1. The highest BCUT2D eigenvalue weighted by Crippen LogP contribution is 2.35. The lowest BCUT2D eigenvalue weighted by Crippen LogP contribution is -2.48. The molecule has 2 aromatic heterocycles. The zero-order valence-electron chi connectivity index (χ0n) is 20.9. The summed E-state index contributed by atoms with van der Waals surface area (Å²) in [6.07, 6.45) is 1.67. The smallest absolute Gasteiger partial charge is 0.328 e. The summed E-state index contributed by atoms with van der Waals surface area (Å²) < 4.78 is 23.6. The Morgan fingerprint density at radius 2 is 1.92 bits per heavy atom. The van der Waals surface area contributed by atoms with Gasteiger partial charge in [-0.3, -0.25) is 14.1 Å². The molecule has 1 aliphatic rings. The summed E-state index contributed by atoms with van der Waals surface area (Å²) >= 11 is 6.59. The summed E-state index contributed by atoms with van der Waals surface area (Å²) in [6.45, 7) is 3.43. The average molecular weight is 527 g/mol. The summed E-state index contributed by atoms with van der Waals surface area (Å²) in [5.41, 5.74) is 3.10. The van der Waals surface area contributed by atoms with Crippen LogP contribution in [-0.2, 0) is 18.3 Å². The van der Waals surface area contributed by atoms with Gasteiger partial charge in [0.1, 0.15) is 5.82 Å². The molecule has 0 radical (unpaired) electrons. The number of nitrogens with zero attached hydrogens (tertiary/aromatic N) is 5. The number of amides is 2. The molecular formula is C26H28ClFN6O3. The number of aromatic nitrogens is 3. The maximum absolute atomic E-state index is 15.2. The third-order valence-electron chi connectivity index (χ3n) is 6.89. The molecule has 0 bridgehead atoms. The van der Waals surface area contributed by atoms with Gasteiger partial charge in [0.2, 0.25) is 0 Å². The van der Waals surface area contributed by atoms with Crippen molar-refractivity contribution in [1.82, 2.24) is 23.9 Å². The van der Waals surface area contributed by atoms with Crippen molar-refractivity contribution in [2.75, 3.05) is 52.3 Å². The van der Waals surface area contributed by atoms with Gasteiger partial charge in [-0.15, -0.1) is 0 Å². The van der Waals surface area contributed by atoms with E-state index in [4.69, 9.17) is 16.3 Å². The number of likely N-dealkylation sites (N-methyl/N-ethyl adjacent to an activating group) is 1. The molecule has 1 N–H and O–H groups in total. The van der Waals surface area contributed by atoms with Crippen LogP contribution in [0, 0.1) is 5.82 Å². The molecule has 2 aromatic carbocycles. The van der Waals surface area contributed by atoms with Gasteiger partial charge in [-0.25, -0.2) is 14.0 Å². The van der Waals surface area contributed by atoms with Gasteiger partial charge in [-0.2, -0.15) is 0 Å². The zero-order chi connectivity index (χ0) is 26.3. The first-order valence-electron chi connectivity index (χ1n) is 12.0. The molecule has 0 atom stereocenters. The van der Waals surface area contributed by atoms with E-state index < -0.39 is 5.82 Å². The first-order chi connectivity index (χ1) is 17.8. The monoisotopic (exact) mass is 526 g/mol. The number of urea groups is 1. The van der Waals surface area contributed by atoms with Crippen LogP contribution in [-0.4, -0.2) is 76.9 Å². The van der Waals surface area contributed by atoms with E-state index >= 15 is 4.39 Å². The molecule has 0 aliphatic carbocycles. The topological polar surface area (TPSA) is 84.6 Å². The Kier molecular flexibility index (Phi) is 6.89. The van der Waals surface area contributed by atoms with E-state index in [9.17, 15) is 9.59 Å². The number of fused-ring (bicyclic) bond motifs is 3. The maximum atomic E-state index is 15.2. The Hall–Kier alpha value is -3.47. The van der Waals surface area contributed by atoms with Gasteiger partial charge in [0.05, 0.1) is 46.6 Å². The molecule has 1 saturated heterocycles. The van der Waals surface area contributed by atoms with Crippen LogP contribution in [0.1, 0.15) is 0 Å². The van der Waals surface area contributed by atoms with Crippen molar-refractivity contribution in [2.24, 2.45) is 7.05 Å². The summed E-state index contributed by atoms with van der Waals surface area (Å²) in [4.78, 5) is 33.8. The number of hydrogen-bond donors (Lipinski definition) is 1. The fraction of sp³-hybridized carbons (Fsp3) is 0.346. The minimum Gasteiger partial charge on any atom is -0.383 e. The van der Waals surface area contributed by atoms with Crippen LogP contribution in [0.2, 0.25) is 5.02 Å². The molecule has 2 amide bonds. The summed E-state index contributed by atoms with van der Waals surface area (Å²) in [5.74, 6) is -0.588. The predicted octanol–water partition coefficient (Wildman–Crippen LogP) is 3.77. The number of pyridine rings is 1. The van der Waals surface area contributed by atoms with E-state index in [-0.39, 0.29) is 17.4 Å². The van der Waals surface area contributed by atoms with Crippen molar-refractivity contribution >= 4 is 45.3 Å². The molecule has 9 nitrogen and oxygen atoms in total. The van der Waals surface area contributed by atoms with E-state index in [1.165, 1.54) is 12.1 Å². The number of carbonyl (C=O) groups is 1. The molecule has 194 valence electrons. The van der Waals surface area contributed by atoms with E-state index in [1.807, 2.05) is 25.2 Å². The van der Waals surface area contributed by atoms with Gasteiger partial charge in [0.25, 0.3) is 0 Å². The Morgan fingerprint density at radius 3 is 2.65 bits per heavy atom. The number of piperazine rings is 1. The van der Waals surface area contributed by atoms with Gasteiger partial charge in [-0.05, 0) is 36.9 Å². The van der Waals surface area contributed by atoms with E-state index in [1.54, 1.807) is 34.4 Å². The van der Waals surface area contributed by atoms with Crippen LogP contribution in [0.3, 0.4) is 0 Å². The number of anilines is 1. The van der Waals surface area contributed by atoms with Crippen LogP contribution in [0.15, 0.2) is 41.3 Å². The number of carbonyl (C=O) groups excluding carboxylic acids is 1. The van der Waals surface area contributed by atoms with E-state index in [0.717, 1.165) is 24.0 Å². The van der Waals surface area contributed by atoms with Crippen molar-refractivity contribution in [3.8, 4) is 11.1 Å². The number of ether oxygens (including phenoxy) is 1. The largest absolute Gasteiger partial charge is 0.383 e. The molecular weight excluding hydrogens is 499 g/mol. The SMILES string of the molecule is COCCn1c(=O)n(C)c2cnc3ccc(-c4cc(F)c(NC(=O)N5CCN(C)CC5)cc4Cl)cc3c21. The van der Waals surface area contributed by atoms with Crippen LogP contribution in [0.4, 0.5) is 14.9 Å². The Morgan fingerprint density at radius 1 is 1.16 bits per heavy atom. The molecule has 1 aliphatic heterocycles. The number of benzene rings is 2. The quantitative estimate of drug-likeness (QED) is 0.428. The molecule has 0 saturated carbocycles. The fourth-order valence-electron chi connectivity index (χ4n) is 4.70. The highest BCUT2D eigenvalue weighted by molar-refractivity contribution is 6.33. The minimum absolute atomic E-state index is 0.0268. The van der Waals surface area contributed by atoms with Crippen LogP contribution in [0.5, 0.6) is 0 Å². The molecule has 4 aromatic rings. The van der Waals surface area contributed by atoms with E-state index in [2.05, 4.69) is 15.2 Å². The number of rotatable bonds is 5. The van der Waals surface area contributed by atoms with Crippen molar-refractivity contribution in [1.29, 1.82) is 0 Å². The van der Waals surface area contributed by atoms with Gasteiger partial charge in [0.15, 0.2) is 0 Å². The fourth-order valence-corrected chi connectivity index (χ4v) is 4.97. The molecule has 37 heavy (non-hydrogen) atoms. The molecule has 0 spiro atoms. The summed E-state index contributed by atoms with van der Waals surface area (Å²) in [6, 6.07) is 7.88. The van der Waals surface area contributed by atoms with Crippen molar-refractivity contribution in [3.05, 3.63) is 57.9 Å². The number of imidazole rings is 1. The van der Waals surface area contributed by atoms with Gasteiger partial charge >= 0.3 is 11.7 Å². The Labute approximate surface area is 218 Å². The highest BCUT2D eigenvalue weighted by Gasteiger charge is 2.21. The third-order valence-corrected chi connectivity index (χ3v) is 7.20. The number of nitrogens with one attached hydrogen (secondary N) is 1. The summed E-state index contributed by atoms with van der Waals surface area (Å²) in [7, 11) is 5.28. The maximum Gasteiger partial charge on any atom is 0.328 e. The average Bonchev–Trinajstić information content (AvgIpc) is 3.14. The summed E-state index contributed by atoms with van der Waals surface area (Å²) in [5, 5.41) is 3.68. The van der Waals surface area contributed by atoms with Crippen molar-refractivity contribution in [2.45, 2.75) is 6.54 Å². The van der Waals surface area contributed by atoms with Gasteiger partial charge in [0, 0.05) is 51.3 Å². The molecule has 0 unspecified atom stereocenters. The second kappa shape index (κ2) is 10.1. The van der Waals surface area contributed by atoms with Crippen molar-refractivity contribution in [3.63, 3.8) is 0 Å². The predicted molar refractivity (Wildman–Crippen MR) is 143 cm³/mol. The lowest BCUT2D eigenvalue weighted by Gasteiger charge is -2.32. The second-order valence-electron chi connectivity index (χ2n) is 9.24. The zero-order valence-corrected chi connectivity index (χ0v) is 21.7. The number of hydrogen-bond acceptors (Lipinski definition) is 5. The molecule has 3 heterocycles. The highest BCUT2D eigenvalue weighted by atomic mass is 35.5. The van der Waals surface area contributed by atoms with Crippen LogP contribution in [0.25, 0.3) is 33.1 Å². The van der Waals surface area contributed by atoms with Crippen LogP contribution >= 0.6 is 11.6 Å². The first-order valence-corrected chi connectivity index (χ1v) is 12.4. The standard InChI is InChI=1S/C26H28ClFN6O3/c1-31-6-8-33(9-7-31)25(35)30-22-14-19(27)17(13-20(22)28)16-4-5-21-18(12-16)24-23(15-29-21)32(2)26(36)34(24)10-11-37-3/h4-5,12-15H,6-11H2,1-3H3,(H,30,35). The van der Waals surface area contributed by atoms with E-state index in [0.29, 0.717) is 53.4 Å². The Balaban J connectivity index is 1.52. The van der Waals surface area contributed by atoms with Gasteiger partial charge in [-0.1, -0.05) is 17.7 Å². The van der Waals surface area contributed by atoms with Gasteiger partial charge < -0.3 is 19.9 Å². The Bertz CT molecular complexity index is 1560. The van der Waals surface area contributed by atoms with Crippen LogP contribution < -0.4 is 11.0 Å². The lowest BCUT2D eigenvalue weighted by molar-refractivity contribution is 0.164. The third kappa shape index (κ3) is 4.68. The lowest BCUT2D eigenvalue weighted by atomic mass is 10.0. The van der Waals surface area contributed by atoms with Crippen molar-refractivity contribution < 1.29 is 13.9 Å². The number of halogens is 2. The second-order valence-corrected chi connectivity index (χ2v) is 9.65. The number of aryl methyl sites for hydroxylation is 1.